The van der Waals surface area contributed by atoms with Gasteiger partial charge in [-0.25, -0.2) is 0 Å². The number of rotatable bonds is 6. The van der Waals surface area contributed by atoms with E-state index < -0.39 is 0 Å². The summed E-state index contributed by atoms with van der Waals surface area (Å²) >= 11 is 15.7. The Morgan fingerprint density at radius 3 is 2.19 bits per heavy atom. The van der Waals surface area contributed by atoms with Crippen LogP contribution in [0.4, 0.5) is 0 Å². The van der Waals surface area contributed by atoms with Crippen LogP contribution in [0, 0.1) is 0 Å². The molecular formula is C25H17BrCl2O4. The molecule has 162 valence electrons. The largest absolute Gasteiger partial charge is 0.490 e. The molecule has 0 fully saturated rings. The first-order chi connectivity index (χ1) is 15.4. The van der Waals surface area contributed by atoms with E-state index in [2.05, 4.69) is 15.9 Å². The summed E-state index contributed by atoms with van der Waals surface area (Å²) in [4.78, 5) is 25.5. The highest BCUT2D eigenvalue weighted by Gasteiger charge is 2.32. The van der Waals surface area contributed by atoms with Crippen molar-refractivity contribution in [2.24, 2.45) is 0 Å². The van der Waals surface area contributed by atoms with Crippen LogP contribution in [0.3, 0.4) is 0 Å². The van der Waals surface area contributed by atoms with E-state index >= 15 is 0 Å². The Kier molecular flexibility index (Phi) is 6.70. The average Bonchev–Trinajstić information content (AvgIpc) is 3.01. The normalized spacial score (nSPS) is 12.7. The zero-order valence-corrected chi connectivity index (χ0v) is 20.1. The third-order valence-electron chi connectivity index (χ3n) is 4.97. The molecular weight excluding hydrogens is 515 g/mol. The summed E-state index contributed by atoms with van der Waals surface area (Å²) in [5.41, 5.74) is 2.38. The molecule has 0 amide bonds. The number of benzene rings is 3. The molecule has 3 aromatic rings. The van der Waals surface area contributed by atoms with Crippen molar-refractivity contribution in [3.63, 3.8) is 0 Å². The fraction of sp³-hybridized carbons (Fsp3) is 0.120. The maximum Gasteiger partial charge on any atom is 0.197 e. The van der Waals surface area contributed by atoms with Crippen LogP contribution in [0.25, 0.3) is 6.08 Å². The van der Waals surface area contributed by atoms with Crippen LogP contribution >= 0.6 is 39.1 Å². The van der Waals surface area contributed by atoms with E-state index in [9.17, 15) is 9.59 Å². The lowest BCUT2D eigenvalue weighted by atomic mass is 10.1. The van der Waals surface area contributed by atoms with E-state index in [4.69, 9.17) is 32.7 Å². The number of Topliss-reactive ketones (excluding diaryl/α,β-unsaturated/α-hetero) is 2. The molecule has 0 atom stereocenters. The van der Waals surface area contributed by atoms with Gasteiger partial charge in [-0.3, -0.25) is 9.59 Å². The van der Waals surface area contributed by atoms with Crippen molar-refractivity contribution >= 4 is 56.8 Å². The molecule has 1 aliphatic carbocycles. The predicted molar refractivity (Wildman–Crippen MR) is 129 cm³/mol. The molecule has 7 heteroatoms. The minimum absolute atomic E-state index is 0.121. The lowest BCUT2D eigenvalue weighted by Gasteiger charge is -2.15. The molecule has 4 rings (SSSR count). The highest BCUT2D eigenvalue weighted by molar-refractivity contribution is 9.10. The fourth-order valence-electron chi connectivity index (χ4n) is 3.40. The van der Waals surface area contributed by atoms with Crippen LogP contribution in [0.2, 0.25) is 10.0 Å². The zero-order valence-electron chi connectivity index (χ0n) is 17.0. The second-order valence-corrected chi connectivity index (χ2v) is 8.74. The Bertz CT molecular complexity index is 1230. The summed E-state index contributed by atoms with van der Waals surface area (Å²) in [6, 6.07) is 15.5. The Morgan fingerprint density at radius 1 is 0.906 bits per heavy atom. The third kappa shape index (κ3) is 4.46. The molecule has 0 spiro atoms. The lowest BCUT2D eigenvalue weighted by Crippen LogP contribution is -2.02. The summed E-state index contributed by atoms with van der Waals surface area (Å²) in [6.07, 6.45) is 1.58. The van der Waals surface area contributed by atoms with E-state index in [0.717, 1.165) is 5.56 Å². The maximum absolute atomic E-state index is 12.7. The molecule has 0 bridgehead atoms. The zero-order chi connectivity index (χ0) is 22.8. The Labute approximate surface area is 203 Å². The standard InChI is InChI=1S/C25H17BrCl2O4/c1-2-31-22-10-15(9-19-24(29)17-5-3-4-6-18(17)25(19)30)20(26)12-23(22)32-13-14-7-8-16(27)11-21(14)28/h3-12H,2,13H2,1H3. The van der Waals surface area contributed by atoms with Gasteiger partial charge in [0.15, 0.2) is 23.1 Å². The predicted octanol–water partition coefficient (Wildman–Crippen LogP) is 7.20. The summed E-state index contributed by atoms with van der Waals surface area (Å²) in [5, 5.41) is 1.06. The number of hydrogen-bond donors (Lipinski definition) is 0. The van der Waals surface area contributed by atoms with Crippen LogP contribution in [0.15, 0.2) is 64.6 Å². The Morgan fingerprint density at radius 2 is 1.56 bits per heavy atom. The van der Waals surface area contributed by atoms with E-state index in [1.807, 2.05) is 6.92 Å². The van der Waals surface area contributed by atoms with Crippen molar-refractivity contribution < 1.29 is 19.1 Å². The molecule has 1 aliphatic rings. The van der Waals surface area contributed by atoms with Crippen LogP contribution in [0.5, 0.6) is 11.5 Å². The highest BCUT2D eigenvalue weighted by atomic mass is 79.9. The fourth-order valence-corrected chi connectivity index (χ4v) is 4.30. The van der Waals surface area contributed by atoms with Crippen molar-refractivity contribution in [3.8, 4) is 11.5 Å². The Balaban J connectivity index is 1.65. The van der Waals surface area contributed by atoms with E-state index in [1.165, 1.54) is 0 Å². The quantitative estimate of drug-likeness (QED) is 0.249. The van der Waals surface area contributed by atoms with Crippen molar-refractivity contribution in [2.45, 2.75) is 13.5 Å². The highest BCUT2D eigenvalue weighted by Crippen LogP contribution is 2.37. The van der Waals surface area contributed by atoms with E-state index in [-0.39, 0.29) is 23.7 Å². The van der Waals surface area contributed by atoms with Gasteiger partial charge in [-0.15, -0.1) is 0 Å². The van der Waals surface area contributed by atoms with Gasteiger partial charge in [-0.05, 0) is 42.8 Å². The van der Waals surface area contributed by atoms with Crippen LogP contribution < -0.4 is 9.47 Å². The van der Waals surface area contributed by atoms with Crippen LogP contribution in [-0.2, 0) is 6.61 Å². The molecule has 0 aliphatic heterocycles. The number of ether oxygens (including phenoxy) is 2. The summed E-state index contributed by atoms with van der Waals surface area (Å²) in [6.45, 7) is 2.49. The molecule has 0 saturated carbocycles. The average molecular weight is 532 g/mol. The summed E-state index contributed by atoms with van der Waals surface area (Å²) in [7, 11) is 0. The topological polar surface area (TPSA) is 52.6 Å². The number of allylic oxidation sites excluding steroid dienone is 1. The van der Waals surface area contributed by atoms with Crippen molar-refractivity contribution in [1.29, 1.82) is 0 Å². The smallest absolute Gasteiger partial charge is 0.197 e. The number of carbonyl (C=O) groups is 2. The van der Waals surface area contributed by atoms with Gasteiger partial charge >= 0.3 is 0 Å². The minimum atomic E-state index is -0.284. The van der Waals surface area contributed by atoms with Crippen molar-refractivity contribution in [1.82, 2.24) is 0 Å². The Hall–Kier alpha value is -2.60. The molecule has 0 N–H and O–H groups in total. The molecule has 0 heterocycles. The maximum atomic E-state index is 12.7. The monoisotopic (exact) mass is 530 g/mol. The van der Waals surface area contributed by atoms with Crippen LogP contribution in [0.1, 0.15) is 38.8 Å². The molecule has 0 aromatic heterocycles. The lowest BCUT2D eigenvalue weighted by molar-refractivity contribution is 0.0990. The van der Waals surface area contributed by atoms with Gasteiger partial charge in [0.25, 0.3) is 0 Å². The van der Waals surface area contributed by atoms with Gasteiger partial charge in [-0.2, -0.15) is 0 Å². The number of fused-ring (bicyclic) bond motifs is 1. The van der Waals surface area contributed by atoms with Crippen molar-refractivity contribution in [2.75, 3.05) is 6.61 Å². The van der Waals surface area contributed by atoms with Gasteiger partial charge in [-0.1, -0.05) is 69.5 Å². The van der Waals surface area contributed by atoms with E-state index in [1.54, 1.807) is 60.7 Å². The molecule has 32 heavy (non-hydrogen) atoms. The first-order valence-corrected chi connectivity index (χ1v) is 11.4. The molecule has 4 nitrogen and oxygen atoms in total. The SMILES string of the molecule is CCOc1cc(C=C2C(=O)c3ccccc3C2=O)c(Br)cc1OCc1ccc(Cl)cc1Cl. The molecule has 0 saturated heterocycles. The molecule has 0 radical (unpaired) electrons. The van der Waals surface area contributed by atoms with Crippen molar-refractivity contribution in [3.05, 3.63) is 96.9 Å². The third-order valence-corrected chi connectivity index (χ3v) is 6.24. The molecule has 0 unspecified atom stereocenters. The van der Waals surface area contributed by atoms with Gasteiger partial charge in [0.1, 0.15) is 6.61 Å². The van der Waals surface area contributed by atoms with Gasteiger partial charge in [0.2, 0.25) is 0 Å². The first-order valence-electron chi connectivity index (χ1n) is 9.82. The van der Waals surface area contributed by atoms with Gasteiger partial charge in [0.05, 0.1) is 12.2 Å². The minimum Gasteiger partial charge on any atom is -0.490 e. The number of ketones is 2. The summed E-state index contributed by atoms with van der Waals surface area (Å²) < 4.78 is 12.4. The van der Waals surface area contributed by atoms with Gasteiger partial charge in [0, 0.05) is 31.2 Å². The first kappa shape index (κ1) is 22.6. The number of hydrogen-bond acceptors (Lipinski definition) is 4. The number of halogens is 3. The van der Waals surface area contributed by atoms with E-state index in [0.29, 0.717) is 49.3 Å². The van der Waals surface area contributed by atoms with Crippen LogP contribution in [-0.4, -0.2) is 18.2 Å². The number of carbonyl (C=O) groups excluding carboxylic acids is 2. The second-order valence-electron chi connectivity index (χ2n) is 7.04. The van der Waals surface area contributed by atoms with Gasteiger partial charge < -0.3 is 9.47 Å². The second kappa shape index (κ2) is 9.49. The molecule has 3 aromatic carbocycles. The summed E-state index contributed by atoms with van der Waals surface area (Å²) in [5.74, 6) is 0.420.